The van der Waals surface area contributed by atoms with Crippen LogP contribution in [0.1, 0.15) is 0 Å². The lowest BCUT2D eigenvalue weighted by Gasteiger charge is -1.98. The van der Waals surface area contributed by atoms with Gasteiger partial charge in [0.1, 0.15) is 0 Å². The molecule has 7 heavy (non-hydrogen) atoms. The number of allylic oxidation sites excluding steroid dienone is 2. The molecule has 0 bridgehead atoms. The minimum Gasteiger partial charge on any atom is -0.336 e. The summed E-state index contributed by atoms with van der Waals surface area (Å²) in [6.07, 6.45) is 8.42. The monoisotopic (exact) mass is 111 g/mol. The molecule has 0 spiro atoms. The van der Waals surface area contributed by atoms with Crippen molar-refractivity contribution in [3.05, 3.63) is 24.3 Å². The summed E-state index contributed by atoms with van der Waals surface area (Å²) in [7, 11) is 1.08. The van der Waals surface area contributed by atoms with Crippen LogP contribution in [0.2, 0.25) is 0 Å². The zero-order chi connectivity index (χ0) is 5.11. The Morgan fingerprint density at radius 1 is 1.29 bits per heavy atom. The van der Waals surface area contributed by atoms with Gasteiger partial charge in [0.15, 0.2) is 0 Å². The average Bonchev–Trinajstić information content (AvgIpc) is 2.14. The van der Waals surface area contributed by atoms with E-state index in [1.165, 1.54) is 0 Å². The van der Waals surface area contributed by atoms with Crippen molar-refractivity contribution >= 4 is 10.4 Å². The quantitative estimate of drug-likeness (QED) is 0.443. The second-order valence-corrected chi connectivity index (χ2v) is 2.16. The van der Waals surface area contributed by atoms with Crippen LogP contribution >= 0.6 is 0 Å². The molecule has 0 aromatic carbocycles. The van der Waals surface area contributed by atoms with Gasteiger partial charge in [-0.1, -0.05) is 24.3 Å². The standard InChI is InChI=1S/C5H9NSi/c7-6-5-3-1-2-4-5/h1-6H,7H3. The first-order valence-electron chi connectivity index (χ1n) is 2.46. The van der Waals surface area contributed by atoms with Crippen molar-refractivity contribution in [2.24, 2.45) is 0 Å². The number of hydrogen-bond donors (Lipinski definition) is 1. The summed E-state index contributed by atoms with van der Waals surface area (Å²) >= 11 is 0. The van der Waals surface area contributed by atoms with Crippen LogP contribution in [0.15, 0.2) is 24.3 Å². The van der Waals surface area contributed by atoms with E-state index >= 15 is 0 Å². The van der Waals surface area contributed by atoms with Gasteiger partial charge >= 0.3 is 0 Å². The SMILES string of the molecule is [SiH3]NC1C=CC=C1. The van der Waals surface area contributed by atoms with E-state index in [0.29, 0.717) is 6.04 Å². The Kier molecular flexibility index (Phi) is 1.44. The smallest absolute Gasteiger partial charge is 0.0760 e. The molecule has 1 N–H and O–H groups in total. The lowest BCUT2D eigenvalue weighted by molar-refractivity contribution is 0.938. The van der Waals surface area contributed by atoms with Gasteiger partial charge in [-0.25, -0.2) is 0 Å². The van der Waals surface area contributed by atoms with Gasteiger partial charge in [0.2, 0.25) is 0 Å². The summed E-state index contributed by atoms with van der Waals surface area (Å²) < 4.78 is 0. The summed E-state index contributed by atoms with van der Waals surface area (Å²) in [4.78, 5) is 3.23. The predicted octanol–water partition coefficient (Wildman–Crippen LogP) is -0.649. The molecule has 0 unspecified atom stereocenters. The van der Waals surface area contributed by atoms with Crippen LogP contribution in [0.4, 0.5) is 0 Å². The van der Waals surface area contributed by atoms with Crippen LogP contribution in [0.5, 0.6) is 0 Å². The van der Waals surface area contributed by atoms with Crippen LogP contribution in [-0.4, -0.2) is 16.4 Å². The van der Waals surface area contributed by atoms with E-state index in [2.05, 4.69) is 29.3 Å². The Labute approximate surface area is 46.6 Å². The normalized spacial score (nSPS) is 19.4. The molecule has 0 radical (unpaired) electrons. The van der Waals surface area contributed by atoms with Gasteiger partial charge in [-0.15, -0.1) is 0 Å². The molecule has 0 heterocycles. The molecule has 38 valence electrons. The molecule has 2 heteroatoms. The highest BCUT2D eigenvalue weighted by Gasteiger charge is 1.94. The maximum Gasteiger partial charge on any atom is 0.0760 e. The number of hydrogen-bond acceptors (Lipinski definition) is 1. The van der Waals surface area contributed by atoms with Crippen LogP contribution in [-0.2, 0) is 0 Å². The van der Waals surface area contributed by atoms with Crippen LogP contribution < -0.4 is 4.98 Å². The predicted molar refractivity (Wildman–Crippen MR) is 35.1 cm³/mol. The molecular weight excluding hydrogens is 102 g/mol. The second kappa shape index (κ2) is 2.09. The first-order valence-corrected chi connectivity index (χ1v) is 3.46. The largest absolute Gasteiger partial charge is 0.336 e. The number of rotatable bonds is 1. The first-order chi connectivity index (χ1) is 3.43. The van der Waals surface area contributed by atoms with Crippen LogP contribution in [0, 0.1) is 0 Å². The van der Waals surface area contributed by atoms with Crippen molar-refractivity contribution in [1.29, 1.82) is 0 Å². The Morgan fingerprint density at radius 2 is 1.86 bits per heavy atom. The van der Waals surface area contributed by atoms with Crippen molar-refractivity contribution in [2.75, 3.05) is 0 Å². The van der Waals surface area contributed by atoms with Crippen molar-refractivity contribution in [3.63, 3.8) is 0 Å². The number of nitrogens with one attached hydrogen (secondary N) is 1. The zero-order valence-electron chi connectivity index (χ0n) is 4.39. The average molecular weight is 111 g/mol. The Hall–Kier alpha value is -0.343. The third-order valence-corrected chi connectivity index (χ3v) is 1.75. The maximum atomic E-state index is 3.23. The van der Waals surface area contributed by atoms with Gasteiger partial charge in [-0.05, 0) is 0 Å². The molecule has 1 nitrogen and oxygen atoms in total. The molecule has 0 saturated carbocycles. The fourth-order valence-corrected chi connectivity index (χ4v) is 1.01. The van der Waals surface area contributed by atoms with Crippen molar-refractivity contribution in [3.8, 4) is 0 Å². The van der Waals surface area contributed by atoms with E-state index < -0.39 is 0 Å². The Morgan fingerprint density at radius 3 is 2.14 bits per heavy atom. The zero-order valence-corrected chi connectivity index (χ0v) is 6.39. The summed E-state index contributed by atoms with van der Waals surface area (Å²) in [6.45, 7) is 0. The van der Waals surface area contributed by atoms with E-state index in [1.807, 2.05) is 0 Å². The molecule has 0 amide bonds. The van der Waals surface area contributed by atoms with Crippen molar-refractivity contribution in [2.45, 2.75) is 6.04 Å². The summed E-state index contributed by atoms with van der Waals surface area (Å²) in [5, 5.41) is 0. The van der Waals surface area contributed by atoms with Crippen molar-refractivity contribution in [1.82, 2.24) is 4.98 Å². The Balaban J connectivity index is 2.44. The lowest BCUT2D eigenvalue weighted by atomic mass is 10.4. The minimum atomic E-state index is 0.548. The van der Waals surface area contributed by atoms with Gasteiger partial charge in [-0.3, -0.25) is 0 Å². The highest BCUT2D eigenvalue weighted by molar-refractivity contribution is 6.04. The van der Waals surface area contributed by atoms with Crippen molar-refractivity contribution < 1.29 is 0 Å². The molecule has 1 rings (SSSR count). The third-order valence-electron chi connectivity index (χ3n) is 1.08. The topological polar surface area (TPSA) is 12.0 Å². The van der Waals surface area contributed by atoms with E-state index in [4.69, 9.17) is 0 Å². The molecular formula is C5H9NSi. The molecule has 0 aromatic rings. The van der Waals surface area contributed by atoms with E-state index in [1.54, 1.807) is 0 Å². The highest BCUT2D eigenvalue weighted by Crippen LogP contribution is 1.96. The van der Waals surface area contributed by atoms with Gasteiger partial charge < -0.3 is 4.98 Å². The molecule has 0 aliphatic heterocycles. The molecule has 1 aliphatic carbocycles. The fraction of sp³-hybridized carbons (Fsp3) is 0.200. The summed E-state index contributed by atoms with van der Waals surface area (Å²) in [6, 6.07) is 0.548. The minimum absolute atomic E-state index is 0.548. The van der Waals surface area contributed by atoms with Gasteiger partial charge in [0.25, 0.3) is 0 Å². The summed E-state index contributed by atoms with van der Waals surface area (Å²) in [5.74, 6) is 0. The lowest BCUT2D eigenvalue weighted by Crippen LogP contribution is -2.19. The van der Waals surface area contributed by atoms with Gasteiger partial charge in [0, 0.05) is 6.04 Å². The summed E-state index contributed by atoms with van der Waals surface area (Å²) in [5.41, 5.74) is 0. The van der Waals surface area contributed by atoms with Gasteiger partial charge in [0.05, 0.1) is 10.4 Å². The van der Waals surface area contributed by atoms with Crippen LogP contribution in [0.25, 0.3) is 0 Å². The molecule has 0 aromatic heterocycles. The van der Waals surface area contributed by atoms with E-state index in [0.717, 1.165) is 10.4 Å². The molecule has 1 aliphatic rings. The molecule has 0 atom stereocenters. The van der Waals surface area contributed by atoms with Crippen LogP contribution in [0.3, 0.4) is 0 Å². The van der Waals surface area contributed by atoms with E-state index in [-0.39, 0.29) is 0 Å². The van der Waals surface area contributed by atoms with E-state index in [9.17, 15) is 0 Å². The second-order valence-electron chi connectivity index (χ2n) is 1.58. The first kappa shape index (κ1) is 4.81. The molecule has 0 saturated heterocycles. The maximum absolute atomic E-state index is 3.23. The fourth-order valence-electron chi connectivity index (χ4n) is 0.624. The van der Waals surface area contributed by atoms with Gasteiger partial charge in [-0.2, -0.15) is 0 Å². The Bertz CT molecular complexity index is 94.6. The molecule has 0 fully saturated rings. The third kappa shape index (κ3) is 1.01. The highest BCUT2D eigenvalue weighted by atomic mass is 28.2.